The fourth-order valence-electron chi connectivity index (χ4n) is 3.18. The topological polar surface area (TPSA) is 89.5 Å². The first kappa shape index (κ1) is 21.2. The molecule has 1 aliphatic carbocycles. The van der Waals surface area contributed by atoms with E-state index in [-0.39, 0.29) is 32.6 Å². The summed E-state index contributed by atoms with van der Waals surface area (Å²) in [4.78, 5) is 50.2. The van der Waals surface area contributed by atoms with E-state index in [1.807, 2.05) is 0 Å². The van der Waals surface area contributed by atoms with Crippen molar-refractivity contribution in [2.75, 3.05) is 5.32 Å². The summed E-state index contributed by atoms with van der Waals surface area (Å²) in [7, 11) is 0. The molecule has 156 valence electrons. The monoisotopic (exact) mass is 473 g/mol. The normalized spacial score (nSPS) is 13.3. The van der Waals surface area contributed by atoms with Gasteiger partial charge in [0, 0.05) is 27.9 Å². The van der Waals surface area contributed by atoms with Gasteiger partial charge in [0.05, 0.1) is 9.90 Å². The first-order valence-electron chi connectivity index (χ1n) is 9.05. The minimum Gasteiger partial charge on any atom is -0.449 e. The van der Waals surface area contributed by atoms with Gasteiger partial charge in [-0.1, -0.05) is 47.5 Å². The molecule has 0 saturated carbocycles. The van der Waals surface area contributed by atoms with Gasteiger partial charge >= 0.3 is 5.97 Å². The lowest BCUT2D eigenvalue weighted by Crippen LogP contribution is -2.30. The summed E-state index contributed by atoms with van der Waals surface area (Å²) in [5.41, 5.74) is 1.51. The fraction of sp³-hybridized carbons (Fsp3) is 0.0909. The molecule has 1 aromatic heterocycles. The Balaban J connectivity index is 1.50. The summed E-state index contributed by atoms with van der Waals surface area (Å²) < 4.78 is 5.64. The Kier molecular flexibility index (Phi) is 5.66. The molecule has 0 bridgehead atoms. The van der Waals surface area contributed by atoms with Crippen molar-refractivity contribution in [3.63, 3.8) is 0 Å². The van der Waals surface area contributed by atoms with Crippen LogP contribution in [-0.4, -0.2) is 29.5 Å². The maximum atomic E-state index is 12.8. The summed E-state index contributed by atoms with van der Waals surface area (Å²) >= 11 is 12.8. The molecular weight excluding hydrogens is 461 g/mol. The minimum absolute atomic E-state index is 0.0767. The molecule has 1 atom stereocenters. The molecule has 1 N–H and O–H groups in total. The van der Waals surface area contributed by atoms with Gasteiger partial charge in [0.15, 0.2) is 17.7 Å². The highest BCUT2D eigenvalue weighted by atomic mass is 35.5. The van der Waals surface area contributed by atoms with Crippen molar-refractivity contribution in [1.29, 1.82) is 0 Å². The first-order chi connectivity index (χ1) is 14.8. The molecule has 3 aromatic rings. The molecule has 2 aromatic carbocycles. The lowest BCUT2D eigenvalue weighted by molar-refractivity contribution is -0.123. The van der Waals surface area contributed by atoms with E-state index in [1.54, 1.807) is 24.3 Å². The van der Waals surface area contributed by atoms with Crippen molar-refractivity contribution in [3.8, 4) is 0 Å². The number of carbonyl (C=O) groups excluding carboxylic acids is 4. The van der Waals surface area contributed by atoms with E-state index in [2.05, 4.69) is 5.32 Å². The number of ketones is 2. The molecular formula is C22H13Cl2NO5S. The van der Waals surface area contributed by atoms with Gasteiger partial charge in [0.25, 0.3) is 5.91 Å². The Bertz CT molecular complexity index is 1270. The standard InChI is InChI=1S/C22H13Cl2NO5S/c1-10(30-22(29)16-9-17(23)31-20(16)24)21(28)25-11-6-7-14-15(8-11)19(27)13-5-3-2-4-12(13)18(14)26/h2-10H,1H3,(H,25,28). The highest BCUT2D eigenvalue weighted by Crippen LogP contribution is 2.32. The number of nitrogens with one attached hydrogen (secondary N) is 1. The van der Waals surface area contributed by atoms with Crippen LogP contribution in [-0.2, 0) is 9.53 Å². The van der Waals surface area contributed by atoms with Gasteiger partial charge < -0.3 is 10.1 Å². The molecule has 1 amide bonds. The Hall–Kier alpha value is -3.00. The van der Waals surface area contributed by atoms with Crippen LogP contribution in [0.4, 0.5) is 5.69 Å². The smallest absolute Gasteiger partial charge is 0.341 e. The third kappa shape index (κ3) is 3.99. The van der Waals surface area contributed by atoms with E-state index in [0.29, 0.717) is 21.2 Å². The van der Waals surface area contributed by atoms with Crippen molar-refractivity contribution in [2.24, 2.45) is 0 Å². The highest BCUT2D eigenvalue weighted by Gasteiger charge is 2.30. The third-order valence-corrected chi connectivity index (χ3v) is 6.21. The zero-order valence-corrected chi connectivity index (χ0v) is 18.2. The molecule has 4 rings (SSSR count). The number of esters is 1. The molecule has 0 spiro atoms. The molecule has 0 fully saturated rings. The van der Waals surface area contributed by atoms with Crippen LogP contribution in [0.15, 0.2) is 48.5 Å². The molecule has 1 aliphatic rings. The predicted octanol–water partition coefficient (Wildman–Crippen LogP) is 5.01. The lowest BCUT2D eigenvalue weighted by Gasteiger charge is -2.19. The summed E-state index contributed by atoms with van der Waals surface area (Å²) in [6, 6.07) is 12.4. The van der Waals surface area contributed by atoms with E-state index in [9.17, 15) is 19.2 Å². The second-order valence-corrected chi connectivity index (χ2v) is 9.02. The number of halogens is 2. The van der Waals surface area contributed by atoms with Crippen molar-refractivity contribution in [3.05, 3.63) is 85.0 Å². The van der Waals surface area contributed by atoms with Gasteiger partial charge in [0.2, 0.25) is 0 Å². The number of thiophene rings is 1. The quantitative estimate of drug-likeness (QED) is 0.420. The number of hydrogen-bond donors (Lipinski definition) is 1. The largest absolute Gasteiger partial charge is 0.449 e. The number of fused-ring (bicyclic) bond motifs is 2. The Morgan fingerprint density at radius 2 is 1.55 bits per heavy atom. The lowest BCUT2D eigenvalue weighted by atomic mass is 9.84. The van der Waals surface area contributed by atoms with E-state index >= 15 is 0 Å². The Morgan fingerprint density at radius 3 is 2.16 bits per heavy atom. The summed E-state index contributed by atoms with van der Waals surface area (Å²) in [5.74, 6) is -1.94. The maximum absolute atomic E-state index is 12.8. The SMILES string of the molecule is CC(OC(=O)c1cc(Cl)sc1Cl)C(=O)Nc1ccc2c(c1)C(=O)c1ccccc1C2=O. The Morgan fingerprint density at radius 1 is 0.935 bits per heavy atom. The van der Waals surface area contributed by atoms with E-state index in [0.717, 1.165) is 11.3 Å². The Labute approximate surface area is 190 Å². The molecule has 0 radical (unpaired) electrons. The fourth-order valence-corrected chi connectivity index (χ4v) is 4.62. The number of amides is 1. The average molecular weight is 474 g/mol. The summed E-state index contributed by atoms with van der Waals surface area (Å²) in [6.07, 6.45) is -1.14. The van der Waals surface area contributed by atoms with Gasteiger partial charge in [-0.3, -0.25) is 14.4 Å². The second kappa shape index (κ2) is 8.26. The van der Waals surface area contributed by atoms with Crippen LogP contribution >= 0.6 is 34.5 Å². The number of anilines is 1. The van der Waals surface area contributed by atoms with Crippen LogP contribution in [0.1, 0.15) is 49.1 Å². The average Bonchev–Trinajstić information content (AvgIpc) is 3.10. The first-order valence-corrected chi connectivity index (χ1v) is 10.6. The van der Waals surface area contributed by atoms with Gasteiger partial charge in [0.1, 0.15) is 4.34 Å². The second-order valence-electron chi connectivity index (χ2n) is 6.74. The van der Waals surface area contributed by atoms with Crippen molar-refractivity contribution < 1.29 is 23.9 Å². The van der Waals surface area contributed by atoms with Crippen LogP contribution in [0.25, 0.3) is 0 Å². The van der Waals surface area contributed by atoms with Gasteiger partial charge in [-0.15, -0.1) is 11.3 Å². The molecule has 1 heterocycles. The molecule has 0 aliphatic heterocycles. The van der Waals surface area contributed by atoms with Crippen LogP contribution in [0.5, 0.6) is 0 Å². The highest BCUT2D eigenvalue weighted by molar-refractivity contribution is 7.20. The number of hydrogen-bond acceptors (Lipinski definition) is 6. The predicted molar refractivity (Wildman–Crippen MR) is 118 cm³/mol. The van der Waals surface area contributed by atoms with Crippen LogP contribution < -0.4 is 5.32 Å². The van der Waals surface area contributed by atoms with Crippen LogP contribution in [0, 0.1) is 0 Å². The zero-order valence-electron chi connectivity index (χ0n) is 15.9. The summed E-state index contributed by atoms with van der Waals surface area (Å²) in [6.45, 7) is 1.40. The third-order valence-electron chi connectivity index (χ3n) is 4.72. The maximum Gasteiger partial charge on any atom is 0.341 e. The zero-order chi connectivity index (χ0) is 22.3. The van der Waals surface area contributed by atoms with Crippen LogP contribution in [0.3, 0.4) is 0 Å². The number of benzene rings is 2. The summed E-state index contributed by atoms with van der Waals surface area (Å²) in [5, 5.41) is 2.59. The van der Waals surface area contributed by atoms with Crippen molar-refractivity contribution >= 4 is 63.7 Å². The van der Waals surface area contributed by atoms with E-state index in [1.165, 1.54) is 31.2 Å². The van der Waals surface area contributed by atoms with Crippen molar-refractivity contribution in [2.45, 2.75) is 13.0 Å². The molecule has 1 unspecified atom stereocenters. The van der Waals surface area contributed by atoms with E-state index < -0.39 is 18.0 Å². The number of carbonyl (C=O) groups is 4. The molecule has 31 heavy (non-hydrogen) atoms. The van der Waals surface area contributed by atoms with Gasteiger partial charge in [-0.05, 0) is 31.2 Å². The van der Waals surface area contributed by atoms with Gasteiger partial charge in [-0.25, -0.2) is 4.79 Å². The van der Waals surface area contributed by atoms with Crippen molar-refractivity contribution in [1.82, 2.24) is 0 Å². The molecule has 0 saturated heterocycles. The van der Waals surface area contributed by atoms with E-state index in [4.69, 9.17) is 27.9 Å². The molecule has 6 nitrogen and oxygen atoms in total. The number of rotatable bonds is 4. The number of ether oxygens (including phenoxy) is 1. The minimum atomic E-state index is -1.14. The van der Waals surface area contributed by atoms with Gasteiger partial charge in [-0.2, -0.15) is 0 Å². The molecule has 9 heteroatoms. The van der Waals surface area contributed by atoms with Crippen LogP contribution in [0.2, 0.25) is 8.67 Å².